The number of methoxy groups -OCH3 is 1. The highest BCUT2D eigenvalue weighted by Gasteiger charge is 2.36. The van der Waals surface area contributed by atoms with Crippen LogP contribution >= 0.6 is 11.8 Å². The molecule has 2 aliphatic heterocycles. The summed E-state index contributed by atoms with van der Waals surface area (Å²) < 4.78 is 5.49. The number of benzene rings is 1. The van der Waals surface area contributed by atoms with Crippen LogP contribution in [0.4, 0.5) is 0 Å². The fraction of sp³-hybridized carbons (Fsp3) is 0.600. The van der Waals surface area contributed by atoms with Crippen molar-refractivity contribution in [2.75, 3.05) is 32.5 Å². The van der Waals surface area contributed by atoms with E-state index in [1.807, 2.05) is 28.0 Å². The van der Waals surface area contributed by atoms with E-state index in [9.17, 15) is 9.59 Å². The van der Waals surface area contributed by atoms with Crippen LogP contribution in [0.15, 0.2) is 24.3 Å². The van der Waals surface area contributed by atoms with E-state index in [2.05, 4.69) is 13.0 Å². The van der Waals surface area contributed by atoms with E-state index < -0.39 is 0 Å². The Labute approximate surface area is 160 Å². The molecular formula is C20H28N2O3S. The van der Waals surface area contributed by atoms with Gasteiger partial charge in [-0.25, -0.2) is 0 Å². The van der Waals surface area contributed by atoms with Gasteiger partial charge < -0.3 is 14.5 Å². The molecule has 1 aromatic rings. The number of nitrogens with zero attached hydrogens (tertiary/aromatic N) is 2. The van der Waals surface area contributed by atoms with Crippen LogP contribution in [0, 0.1) is 0 Å². The van der Waals surface area contributed by atoms with Gasteiger partial charge in [0.25, 0.3) is 0 Å². The number of carbonyl (C=O) groups excluding carboxylic acids is 2. The van der Waals surface area contributed by atoms with Gasteiger partial charge in [-0.15, -0.1) is 11.8 Å². The Hall–Kier alpha value is -1.69. The molecule has 2 heterocycles. The summed E-state index contributed by atoms with van der Waals surface area (Å²) in [5, 5.41) is 0.0490. The van der Waals surface area contributed by atoms with Crippen molar-refractivity contribution in [2.24, 2.45) is 0 Å². The Kier molecular flexibility index (Phi) is 6.46. The lowest BCUT2D eigenvalue weighted by atomic mass is 9.99. The van der Waals surface area contributed by atoms with E-state index in [4.69, 9.17) is 4.74 Å². The third kappa shape index (κ3) is 4.17. The van der Waals surface area contributed by atoms with E-state index in [1.54, 1.807) is 18.9 Å². The quantitative estimate of drug-likeness (QED) is 0.741. The molecule has 1 aromatic carbocycles. The summed E-state index contributed by atoms with van der Waals surface area (Å²) in [5.74, 6) is 1.85. The first-order chi connectivity index (χ1) is 12.6. The maximum absolute atomic E-state index is 12.8. The molecule has 2 saturated heterocycles. The molecule has 2 amide bonds. The second-order valence-electron chi connectivity index (χ2n) is 7.00. The molecule has 0 spiro atoms. The number of piperidine rings is 1. The number of rotatable bonds is 5. The topological polar surface area (TPSA) is 49.9 Å². The van der Waals surface area contributed by atoms with Gasteiger partial charge in [0.1, 0.15) is 12.2 Å². The largest absolute Gasteiger partial charge is 0.496 e. The molecule has 5 nitrogen and oxygen atoms in total. The Bertz CT molecular complexity index is 646. The summed E-state index contributed by atoms with van der Waals surface area (Å²) >= 11 is 1.79. The Balaban J connectivity index is 1.67. The SMILES string of the molecule is COc1ccccc1C(C)C1SCCN1C(=O)CC(=O)N1CCCCC1. The molecule has 2 fully saturated rings. The average molecular weight is 377 g/mol. The summed E-state index contributed by atoms with van der Waals surface area (Å²) in [7, 11) is 1.67. The van der Waals surface area contributed by atoms with Crippen LogP contribution in [0.1, 0.15) is 44.1 Å². The van der Waals surface area contributed by atoms with Gasteiger partial charge in [0, 0.05) is 31.3 Å². The first-order valence-corrected chi connectivity index (χ1v) is 10.5. The van der Waals surface area contributed by atoms with Crippen LogP contribution in [-0.4, -0.2) is 59.5 Å². The summed E-state index contributed by atoms with van der Waals surface area (Å²) in [5.41, 5.74) is 1.11. The van der Waals surface area contributed by atoms with Gasteiger partial charge in [0.05, 0.1) is 12.5 Å². The Morgan fingerprint density at radius 3 is 2.62 bits per heavy atom. The number of para-hydroxylation sites is 1. The Morgan fingerprint density at radius 2 is 1.88 bits per heavy atom. The van der Waals surface area contributed by atoms with Crippen LogP contribution in [0.3, 0.4) is 0 Å². The van der Waals surface area contributed by atoms with Gasteiger partial charge in [-0.1, -0.05) is 25.1 Å². The molecule has 0 N–H and O–H groups in total. The van der Waals surface area contributed by atoms with Crippen LogP contribution in [0.5, 0.6) is 5.75 Å². The lowest BCUT2D eigenvalue weighted by Crippen LogP contribution is -2.42. The molecule has 26 heavy (non-hydrogen) atoms. The van der Waals surface area contributed by atoms with Crippen LogP contribution in [0.25, 0.3) is 0 Å². The molecule has 0 aliphatic carbocycles. The van der Waals surface area contributed by atoms with Crippen LogP contribution in [-0.2, 0) is 9.59 Å². The van der Waals surface area contributed by atoms with E-state index >= 15 is 0 Å². The zero-order valence-electron chi connectivity index (χ0n) is 15.6. The molecular weight excluding hydrogens is 348 g/mol. The number of hydrogen-bond donors (Lipinski definition) is 0. The number of thioether (sulfide) groups is 1. The van der Waals surface area contributed by atoms with E-state index in [0.717, 1.165) is 43.0 Å². The standard InChI is InChI=1S/C20H28N2O3S/c1-15(16-8-4-5-9-17(16)25-2)20-22(12-13-26-20)19(24)14-18(23)21-10-6-3-7-11-21/h4-5,8-9,15,20H,3,6-7,10-14H2,1-2H3. The van der Waals surface area contributed by atoms with Crippen molar-refractivity contribution in [1.29, 1.82) is 0 Å². The predicted molar refractivity (Wildman–Crippen MR) is 104 cm³/mol. The molecule has 142 valence electrons. The second-order valence-corrected chi connectivity index (χ2v) is 8.22. The number of amides is 2. The summed E-state index contributed by atoms with van der Waals surface area (Å²) in [4.78, 5) is 29.0. The predicted octanol–water partition coefficient (Wildman–Crippen LogP) is 3.10. The zero-order valence-corrected chi connectivity index (χ0v) is 16.5. The molecule has 0 radical (unpaired) electrons. The third-order valence-electron chi connectivity index (χ3n) is 5.32. The maximum Gasteiger partial charge on any atom is 0.232 e. The van der Waals surface area contributed by atoms with Gasteiger partial charge in [-0.3, -0.25) is 9.59 Å². The molecule has 2 atom stereocenters. The average Bonchev–Trinajstić information content (AvgIpc) is 3.18. The minimum atomic E-state index is -0.0441. The van der Waals surface area contributed by atoms with E-state index in [1.165, 1.54) is 6.42 Å². The van der Waals surface area contributed by atoms with Gasteiger partial charge in [0.2, 0.25) is 11.8 Å². The van der Waals surface area contributed by atoms with Crippen molar-refractivity contribution in [3.05, 3.63) is 29.8 Å². The highest BCUT2D eigenvalue weighted by atomic mass is 32.2. The van der Waals surface area contributed by atoms with Crippen molar-refractivity contribution in [3.63, 3.8) is 0 Å². The molecule has 3 rings (SSSR count). The normalized spacial score (nSPS) is 21.5. The van der Waals surface area contributed by atoms with Crippen molar-refractivity contribution in [3.8, 4) is 5.75 Å². The number of hydrogen-bond acceptors (Lipinski definition) is 4. The van der Waals surface area contributed by atoms with Crippen molar-refractivity contribution >= 4 is 23.6 Å². The third-order valence-corrected chi connectivity index (χ3v) is 6.74. The summed E-state index contributed by atoms with van der Waals surface area (Å²) in [6, 6.07) is 7.97. The zero-order chi connectivity index (χ0) is 18.5. The van der Waals surface area contributed by atoms with E-state index in [0.29, 0.717) is 6.54 Å². The van der Waals surface area contributed by atoms with Crippen molar-refractivity contribution in [2.45, 2.75) is 43.9 Å². The summed E-state index contributed by atoms with van der Waals surface area (Å²) in [6.45, 7) is 4.43. The summed E-state index contributed by atoms with van der Waals surface area (Å²) in [6.07, 6.45) is 3.27. The molecule has 2 aliphatic rings. The first kappa shape index (κ1) is 19.1. The molecule has 0 bridgehead atoms. The van der Waals surface area contributed by atoms with Gasteiger partial charge >= 0.3 is 0 Å². The second kappa shape index (κ2) is 8.80. The number of likely N-dealkylation sites (tertiary alicyclic amines) is 1. The van der Waals surface area contributed by atoms with Crippen molar-refractivity contribution < 1.29 is 14.3 Å². The molecule has 0 saturated carbocycles. The number of carbonyl (C=O) groups is 2. The highest BCUT2D eigenvalue weighted by molar-refractivity contribution is 8.00. The Morgan fingerprint density at radius 1 is 1.15 bits per heavy atom. The monoisotopic (exact) mass is 376 g/mol. The molecule has 6 heteroatoms. The minimum absolute atomic E-state index is 0.00426. The van der Waals surface area contributed by atoms with Gasteiger partial charge in [0.15, 0.2) is 0 Å². The van der Waals surface area contributed by atoms with Crippen LogP contribution < -0.4 is 4.74 Å². The molecule has 2 unspecified atom stereocenters. The lowest BCUT2D eigenvalue weighted by molar-refractivity contribution is -0.141. The smallest absolute Gasteiger partial charge is 0.232 e. The lowest BCUT2D eigenvalue weighted by Gasteiger charge is -2.31. The minimum Gasteiger partial charge on any atom is -0.496 e. The fourth-order valence-electron chi connectivity index (χ4n) is 3.85. The molecule has 0 aromatic heterocycles. The maximum atomic E-state index is 12.8. The fourth-order valence-corrected chi connectivity index (χ4v) is 5.23. The van der Waals surface area contributed by atoms with Crippen LogP contribution in [0.2, 0.25) is 0 Å². The van der Waals surface area contributed by atoms with Gasteiger partial charge in [-0.2, -0.15) is 0 Å². The van der Waals surface area contributed by atoms with Gasteiger partial charge in [-0.05, 0) is 30.9 Å². The first-order valence-electron chi connectivity index (χ1n) is 9.43. The highest BCUT2D eigenvalue weighted by Crippen LogP contribution is 2.39. The van der Waals surface area contributed by atoms with E-state index in [-0.39, 0.29) is 29.5 Å². The number of ether oxygens (including phenoxy) is 1. The van der Waals surface area contributed by atoms with Crippen molar-refractivity contribution in [1.82, 2.24) is 9.80 Å².